The molecule has 112 valence electrons. The number of aromatic nitrogens is 2. The summed E-state index contributed by atoms with van der Waals surface area (Å²) >= 11 is 0. The van der Waals surface area contributed by atoms with Crippen LogP contribution in [0.3, 0.4) is 0 Å². The lowest BCUT2D eigenvalue weighted by Gasteiger charge is -2.21. The highest BCUT2D eigenvalue weighted by Crippen LogP contribution is 2.20. The lowest BCUT2D eigenvalue weighted by molar-refractivity contribution is -0.121. The van der Waals surface area contributed by atoms with Gasteiger partial charge in [-0.05, 0) is 31.2 Å². The summed E-state index contributed by atoms with van der Waals surface area (Å²) in [5.74, 6) is 0.101. The molecule has 1 amide bonds. The first-order valence-corrected chi connectivity index (χ1v) is 7.70. The van der Waals surface area contributed by atoms with E-state index < -0.39 is 0 Å². The van der Waals surface area contributed by atoms with Gasteiger partial charge < -0.3 is 10.1 Å². The molecule has 1 aliphatic carbocycles. The zero-order valence-corrected chi connectivity index (χ0v) is 12.1. The van der Waals surface area contributed by atoms with E-state index in [0.717, 1.165) is 25.0 Å². The van der Waals surface area contributed by atoms with Gasteiger partial charge in [-0.3, -0.25) is 9.89 Å². The first-order chi connectivity index (χ1) is 9.84. The molecule has 20 heavy (non-hydrogen) atoms. The number of hydrogen-bond donors (Lipinski definition) is 2. The van der Waals surface area contributed by atoms with E-state index in [1.165, 1.54) is 32.1 Å². The Hall–Kier alpha value is -1.36. The second kappa shape index (κ2) is 8.74. The molecule has 0 aromatic carbocycles. The second-order valence-corrected chi connectivity index (χ2v) is 5.44. The lowest BCUT2D eigenvalue weighted by Crippen LogP contribution is -2.26. The molecule has 1 saturated carbocycles. The van der Waals surface area contributed by atoms with Crippen LogP contribution in [0.2, 0.25) is 0 Å². The minimum Gasteiger partial charge on any atom is -0.378 e. The Labute approximate surface area is 120 Å². The van der Waals surface area contributed by atoms with Crippen molar-refractivity contribution in [3.05, 3.63) is 18.0 Å². The Kier molecular flexibility index (Phi) is 6.57. The zero-order valence-electron chi connectivity index (χ0n) is 12.1. The number of carbonyl (C=O) groups excluding carboxylic acids is 1. The number of hydrogen-bond acceptors (Lipinski definition) is 3. The van der Waals surface area contributed by atoms with Crippen molar-refractivity contribution in [2.75, 3.05) is 13.2 Å². The maximum atomic E-state index is 11.6. The monoisotopic (exact) mass is 279 g/mol. The van der Waals surface area contributed by atoms with Gasteiger partial charge in [0.15, 0.2) is 0 Å². The smallest absolute Gasteiger partial charge is 0.220 e. The molecule has 0 atom stereocenters. The number of rotatable bonds is 8. The van der Waals surface area contributed by atoms with E-state index >= 15 is 0 Å². The predicted octanol–water partition coefficient (Wildman–Crippen LogP) is 2.20. The maximum absolute atomic E-state index is 11.6. The highest BCUT2D eigenvalue weighted by atomic mass is 16.5. The fourth-order valence-electron chi connectivity index (χ4n) is 2.54. The maximum Gasteiger partial charge on any atom is 0.220 e. The molecule has 0 saturated heterocycles. The molecule has 0 aliphatic heterocycles. The molecule has 0 spiro atoms. The Morgan fingerprint density at radius 1 is 1.40 bits per heavy atom. The van der Waals surface area contributed by atoms with Crippen LogP contribution in [0.1, 0.15) is 50.5 Å². The second-order valence-electron chi connectivity index (χ2n) is 5.44. The summed E-state index contributed by atoms with van der Waals surface area (Å²) in [6, 6.07) is 0. The molecule has 0 bridgehead atoms. The summed E-state index contributed by atoms with van der Waals surface area (Å²) in [5.41, 5.74) is 1.07. The Balaban J connectivity index is 1.45. The standard InChI is InChI=1S/C15H25N3O2/c19-15(8-7-13-11-17-18-12-13)16-9-4-10-20-14-5-2-1-3-6-14/h11-12,14H,1-10H2,(H,16,19)(H,17,18). The van der Waals surface area contributed by atoms with Crippen LogP contribution < -0.4 is 5.32 Å². The normalized spacial score (nSPS) is 16.2. The quantitative estimate of drug-likeness (QED) is 0.717. The highest BCUT2D eigenvalue weighted by molar-refractivity contribution is 5.76. The van der Waals surface area contributed by atoms with Gasteiger partial charge in [0.1, 0.15) is 0 Å². The first-order valence-electron chi connectivity index (χ1n) is 7.70. The van der Waals surface area contributed by atoms with E-state index in [1.807, 2.05) is 6.20 Å². The number of amides is 1. The molecule has 5 heteroatoms. The van der Waals surface area contributed by atoms with Gasteiger partial charge in [0.25, 0.3) is 0 Å². The number of aryl methyl sites for hydroxylation is 1. The fourth-order valence-corrected chi connectivity index (χ4v) is 2.54. The highest BCUT2D eigenvalue weighted by Gasteiger charge is 2.13. The number of ether oxygens (including phenoxy) is 1. The van der Waals surface area contributed by atoms with Crippen molar-refractivity contribution in [1.29, 1.82) is 0 Å². The van der Waals surface area contributed by atoms with Gasteiger partial charge in [-0.1, -0.05) is 19.3 Å². The number of nitrogens with zero attached hydrogens (tertiary/aromatic N) is 1. The van der Waals surface area contributed by atoms with Crippen LogP contribution in [0.15, 0.2) is 12.4 Å². The number of H-pyrrole nitrogens is 1. The van der Waals surface area contributed by atoms with E-state index in [2.05, 4.69) is 15.5 Å². The third-order valence-electron chi connectivity index (χ3n) is 3.74. The van der Waals surface area contributed by atoms with Crippen molar-refractivity contribution >= 4 is 5.91 Å². The van der Waals surface area contributed by atoms with Gasteiger partial charge in [0.2, 0.25) is 5.91 Å². The van der Waals surface area contributed by atoms with Gasteiger partial charge in [-0.25, -0.2) is 0 Å². The molecule has 1 fully saturated rings. The van der Waals surface area contributed by atoms with Gasteiger partial charge >= 0.3 is 0 Å². The first kappa shape index (κ1) is 15.0. The lowest BCUT2D eigenvalue weighted by atomic mass is 9.98. The van der Waals surface area contributed by atoms with Crippen LogP contribution >= 0.6 is 0 Å². The van der Waals surface area contributed by atoms with Crippen molar-refractivity contribution in [2.45, 2.75) is 57.5 Å². The van der Waals surface area contributed by atoms with Gasteiger partial charge in [-0.15, -0.1) is 0 Å². The van der Waals surface area contributed by atoms with E-state index in [1.54, 1.807) is 6.20 Å². The van der Waals surface area contributed by atoms with Gasteiger partial charge in [0.05, 0.1) is 12.3 Å². The Bertz CT molecular complexity index is 372. The molecule has 2 rings (SSSR count). The van der Waals surface area contributed by atoms with Crippen LogP contribution in [0.25, 0.3) is 0 Å². The topological polar surface area (TPSA) is 67.0 Å². The van der Waals surface area contributed by atoms with E-state index in [4.69, 9.17) is 4.74 Å². The molecule has 0 radical (unpaired) electrons. The molecule has 5 nitrogen and oxygen atoms in total. The molecule has 1 aliphatic rings. The molecule has 1 aromatic heterocycles. The van der Waals surface area contributed by atoms with Gasteiger partial charge in [-0.2, -0.15) is 5.10 Å². The van der Waals surface area contributed by atoms with Crippen LogP contribution in [0.4, 0.5) is 0 Å². The van der Waals surface area contributed by atoms with Crippen molar-refractivity contribution in [1.82, 2.24) is 15.5 Å². The minimum absolute atomic E-state index is 0.101. The average Bonchev–Trinajstić information content (AvgIpc) is 2.99. The Morgan fingerprint density at radius 2 is 2.25 bits per heavy atom. The molecular formula is C15H25N3O2. The number of carbonyl (C=O) groups is 1. The summed E-state index contributed by atoms with van der Waals surface area (Å²) in [6.07, 6.45) is 12.6. The predicted molar refractivity (Wildman–Crippen MR) is 77.4 cm³/mol. The van der Waals surface area contributed by atoms with Crippen LogP contribution in [0.5, 0.6) is 0 Å². The molecular weight excluding hydrogens is 254 g/mol. The zero-order chi connectivity index (χ0) is 14.0. The average molecular weight is 279 g/mol. The van der Waals surface area contributed by atoms with Crippen LogP contribution in [0, 0.1) is 0 Å². The van der Waals surface area contributed by atoms with E-state index in [9.17, 15) is 4.79 Å². The van der Waals surface area contributed by atoms with E-state index in [0.29, 0.717) is 19.1 Å². The number of nitrogens with one attached hydrogen (secondary N) is 2. The third-order valence-corrected chi connectivity index (χ3v) is 3.74. The SMILES string of the molecule is O=C(CCc1cn[nH]c1)NCCCOC1CCCCC1. The van der Waals surface area contributed by atoms with Gasteiger partial charge in [0, 0.05) is 25.8 Å². The number of aromatic amines is 1. The molecule has 0 unspecified atom stereocenters. The minimum atomic E-state index is 0.101. The largest absolute Gasteiger partial charge is 0.378 e. The van der Waals surface area contributed by atoms with Crippen LogP contribution in [-0.2, 0) is 16.0 Å². The van der Waals surface area contributed by atoms with Crippen molar-refractivity contribution < 1.29 is 9.53 Å². The summed E-state index contributed by atoms with van der Waals surface area (Å²) in [7, 11) is 0. The van der Waals surface area contributed by atoms with Crippen LogP contribution in [-0.4, -0.2) is 35.4 Å². The Morgan fingerprint density at radius 3 is 3.00 bits per heavy atom. The summed E-state index contributed by atoms with van der Waals surface area (Å²) in [5, 5.41) is 9.54. The molecule has 1 heterocycles. The van der Waals surface area contributed by atoms with Crippen molar-refractivity contribution in [3.63, 3.8) is 0 Å². The fraction of sp³-hybridized carbons (Fsp3) is 0.733. The summed E-state index contributed by atoms with van der Waals surface area (Å²) in [4.78, 5) is 11.6. The molecule has 2 N–H and O–H groups in total. The summed E-state index contributed by atoms with van der Waals surface area (Å²) in [6.45, 7) is 1.46. The summed E-state index contributed by atoms with van der Waals surface area (Å²) < 4.78 is 5.82. The van der Waals surface area contributed by atoms with Crippen molar-refractivity contribution in [3.8, 4) is 0 Å². The molecule has 1 aromatic rings. The third kappa shape index (κ3) is 5.74. The van der Waals surface area contributed by atoms with E-state index in [-0.39, 0.29) is 5.91 Å². The van der Waals surface area contributed by atoms with Crippen molar-refractivity contribution in [2.24, 2.45) is 0 Å².